The van der Waals surface area contributed by atoms with Gasteiger partial charge in [0.25, 0.3) is 11.8 Å². The molecule has 4 aliphatic rings. The summed E-state index contributed by atoms with van der Waals surface area (Å²) < 4.78 is 17.6. The summed E-state index contributed by atoms with van der Waals surface area (Å²) in [6, 6.07) is 3.73. The van der Waals surface area contributed by atoms with Gasteiger partial charge in [-0.15, -0.1) is 0 Å². The quantitative estimate of drug-likeness (QED) is 0.346. The van der Waals surface area contributed by atoms with E-state index < -0.39 is 5.60 Å². The van der Waals surface area contributed by atoms with Gasteiger partial charge in [-0.05, 0) is 69.4 Å². The van der Waals surface area contributed by atoms with E-state index >= 15 is 0 Å². The summed E-state index contributed by atoms with van der Waals surface area (Å²) in [6.07, 6.45) is 9.49. The molecule has 3 aliphatic carbocycles. The fourth-order valence-corrected chi connectivity index (χ4v) is 5.40. The standard InChI is InChI=1S/C28H31N5O6/c34-26(32-16-3-5-17(6-4-16)33-27(35)28(36)9-10-28)18-11-29-24-22(18)30-13-31-23(24)21-19(37-12-15-1-2-15)7-8-20-25(21)39-14-38-20/h7-8,11,13,15-17,29,36H,1-6,9-10,12,14H2,(H,32,34)(H,33,35)/t16-,17-. The van der Waals surface area contributed by atoms with E-state index in [1.54, 1.807) is 6.20 Å². The lowest BCUT2D eigenvalue weighted by molar-refractivity contribution is -0.132. The smallest absolute Gasteiger partial charge is 0.255 e. The molecule has 2 amide bonds. The number of carbonyl (C=O) groups excluding carboxylic acids is 2. The van der Waals surface area contributed by atoms with Crippen molar-refractivity contribution in [3.63, 3.8) is 0 Å². The summed E-state index contributed by atoms with van der Waals surface area (Å²) in [5.74, 6) is 1.94. The maximum absolute atomic E-state index is 13.3. The van der Waals surface area contributed by atoms with Gasteiger partial charge < -0.3 is 34.9 Å². The number of aromatic amines is 1. The van der Waals surface area contributed by atoms with Crippen LogP contribution in [0.1, 0.15) is 61.7 Å². The number of aromatic nitrogens is 3. The van der Waals surface area contributed by atoms with Crippen molar-refractivity contribution in [3.8, 4) is 28.5 Å². The summed E-state index contributed by atoms with van der Waals surface area (Å²) in [4.78, 5) is 37.7. The number of rotatable bonds is 8. The third-order valence-corrected chi connectivity index (χ3v) is 8.16. The van der Waals surface area contributed by atoms with E-state index in [2.05, 4.69) is 25.6 Å². The van der Waals surface area contributed by atoms with Gasteiger partial charge >= 0.3 is 0 Å². The number of hydrogen-bond donors (Lipinski definition) is 4. The van der Waals surface area contributed by atoms with Gasteiger partial charge in [-0.25, -0.2) is 9.97 Å². The molecule has 7 rings (SSSR count). The second-order valence-corrected chi connectivity index (χ2v) is 11.1. The molecule has 3 heterocycles. The van der Waals surface area contributed by atoms with E-state index in [4.69, 9.17) is 14.2 Å². The van der Waals surface area contributed by atoms with Crippen LogP contribution in [0, 0.1) is 5.92 Å². The molecule has 0 bridgehead atoms. The Hall–Kier alpha value is -3.86. The summed E-state index contributed by atoms with van der Waals surface area (Å²) in [7, 11) is 0. The average Bonchev–Trinajstić information content (AvgIpc) is 3.82. The molecule has 2 aromatic heterocycles. The van der Waals surface area contributed by atoms with Crippen molar-refractivity contribution in [1.29, 1.82) is 0 Å². The molecule has 0 unspecified atom stereocenters. The molecule has 0 spiro atoms. The first-order chi connectivity index (χ1) is 19.0. The molecule has 4 N–H and O–H groups in total. The maximum atomic E-state index is 13.3. The zero-order valence-corrected chi connectivity index (χ0v) is 21.5. The van der Waals surface area contributed by atoms with Crippen LogP contribution in [-0.4, -0.2) is 63.0 Å². The van der Waals surface area contributed by atoms with E-state index in [0.717, 1.165) is 25.7 Å². The lowest BCUT2D eigenvalue weighted by atomic mass is 9.90. The van der Waals surface area contributed by atoms with Gasteiger partial charge in [0.2, 0.25) is 6.79 Å². The first kappa shape index (κ1) is 24.2. The number of nitrogens with one attached hydrogen (secondary N) is 3. The van der Waals surface area contributed by atoms with Crippen molar-refractivity contribution in [2.75, 3.05) is 13.4 Å². The first-order valence-corrected chi connectivity index (χ1v) is 13.7. The molecule has 3 fully saturated rings. The monoisotopic (exact) mass is 533 g/mol. The Morgan fingerprint density at radius 3 is 2.56 bits per heavy atom. The van der Waals surface area contributed by atoms with E-state index in [1.807, 2.05) is 12.1 Å². The van der Waals surface area contributed by atoms with E-state index in [9.17, 15) is 14.7 Å². The van der Waals surface area contributed by atoms with Crippen LogP contribution in [0.5, 0.6) is 17.2 Å². The van der Waals surface area contributed by atoms with Gasteiger partial charge in [-0.1, -0.05) is 0 Å². The van der Waals surface area contributed by atoms with Crippen LogP contribution in [0.2, 0.25) is 0 Å². The van der Waals surface area contributed by atoms with Crippen LogP contribution < -0.4 is 24.8 Å². The van der Waals surface area contributed by atoms with Gasteiger partial charge in [0.1, 0.15) is 28.9 Å². The third kappa shape index (κ3) is 4.64. The first-order valence-electron chi connectivity index (χ1n) is 13.7. The van der Waals surface area contributed by atoms with Gasteiger partial charge in [0.15, 0.2) is 11.5 Å². The minimum Gasteiger partial charge on any atom is -0.492 e. The Bertz CT molecular complexity index is 1440. The van der Waals surface area contributed by atoms with Crippen molar-refractivity contribution in [2.45, 2.75) is 69.1 Å². The summed E-state index contributed by atoms with van der Waals surface area (Å²) in [6.45, 7) is 0.750. The second-order valence-electron chi connectivity index (χ2n) is 11.1. The number of hydrogen-bond acceptors (Lipinski definition) is 8. The second kappa shape index (κ2) is 9.41. The highest BCUT2D eigenvalue weighted by molar-refractivity contribution is 6.08. The van der Waals surface area contributed by atoms with Crippen molar-refractivity contribution in [2.24, 2.45) is 5.92 Å². The number of benzene rings is 1. The molecule has 0 radical (unpaired) electrons. The maximum Gasteiger partial charge on any atom is 0.255 e. The third-order valence-electron chi connectivity index (χ3n) is 8.16. The number of nitrogens with zero attached hydrogens (tertiary/aromatic N) is 2. The molecule has 0 saturated heterocycles. The molecule has 11 heteroatoms. The summed E-state index contributed by atoms with van der Waals surface area (Å²) in [5.41, 5.74) is 1.67. The minimum absolute atomic E-state index is 0.00807. The molecule has 3 saturated carbocycles. The summed E-state index contributed by atoms with van der Waals surface area (Å²) >= 11 is 0. The van der Waals surface area contributed by atoms with Crippen LogP contribution in [0.3, 0.4) is 0 Å². The fourth-order valence-electron chi connectivity index (χ4n) is 5.40. The largest absolute Gasteiger partial charge is 0.492 e. The zero-order chi connectivity index (χ0) is 26.6. The Morgan fingerprint density at radius 1 is 1.05 bits per heavy atom. The molecule has 3 aromatic rings. The van der Waals surface area contributed by atoms with Gasteiger partial charge in [0.05, 0.1) is 23.3 Å². The molecule has 11 nitrogen and oxygen atoms in total. The van der Waals surface area contributed by atoms with E-state index in [0.29, 0.717) is 70.5 Å². The van der Waals surface area contributed by atoms with E-state index in [1.165, 1.54) is 19.2 Å². The van der Waals surface area contributed by atoms with Gasteiger partial charge in [-0.3, -0.25) is 9.59 Å². The van der Waals surface area contributed by atoms with E-state index in [-0.39, 0.29) is 30.7 Å². The highest BCUT2D eigenvalue weighted by Crippen LogP contribution is 2.48. The molecule has 1 aliphatic heterocycles. The predicted molar refractivity (Wildman–Crippen MR) is 140 cm³/mol. The normalized spacial score (nSPS) is 22.9. The Balaban J connectivity index is 1.09. The molecule has 204 valence electrons. The van der Waals surface area contributed by atoms with Crippen LogP contribution in [0.15, 0.2) is 24.7 Å². The van der Waals surface area contributed by atoms with Crippen LogP contribution in [0.4, 0.5) is 0 Å². The topological polar surface area (TPSA) is 148 Å². The number of carbonyl (C=O) groups is 2. The lowest BCUT2D eigenvalue weighted by Gasteiger charge is -2.30. The Morgan fingerprint density at radius 2 is 1.82 bits per heavy atom. The van der Waals surface area contributed by atoms with Crippen molar-refractivity contribution in [1.82, 2.24) is 25.6 Å². The average molecular weight is 534 g/mol. The minimum atomic E-state index is -1.16. The van der Waals surface area contributed by atoms with Gasteiger partial charge in [-0.2, -0.15) is 0 Å². The van der Waals surface area contributed by atoms with Crippen molar-refractivity contribution < 1.29 is 28.9 Å². The fraction of sp³-hybridized carbons (Fsp3) is 0.500. The summed E-state index contributed by atoms with van der Waals surface area (Å²) in [5, 5.41) is 16.1. The molecular formula is C28H31N5O6. The number of fused-ring (bicyclic) bond motifs is 2. The molecule has 39 heavy (non-hydrogen) atoms. The van der Waals surface area contributed by atoms with Crippen molar-refractivity contribution in [3.05, 3.63) is 30.2 Å². The number of aliphatic hydroxyl groups is 1. The predicted octanol–water partition coefficient (Wildman–Crippen LogP) is 2.82. The number of ether oxygens (including phenoxy) is 3. The highest BCUT2D eigenvalue weighted by atomic mass is 16.7. The van der Waals surface area contributed by atoms with Crippen LogP contribution >= 0.6 is 0 Å². The number of H-pyrrole nitrogens is 1. The SMILES string of the molecule is O=C(N[C@H]1CC[C@H](NC(=O)C2(O)CC2)CC1)c1c[nH]c2c(-c3c(OCC4CC4)ccc4c3OCO4)ncnc12. The Kier molecular flexibility index (Phi) is 5.84. The van der Waals surface area contributed by atoms with Gasteiger partial charge in [0, 0.05) is 18.3 Å². The molecule has 1 aromatic carbocycles. The lowest BCUT2D eigenvalue weighted by Crippen LogP contribution is -2.47. The molecule has 0 atom stereocenters. The number of amides is 2. The van der Waals surface area contributed by atoms with Crippen LogP contribution in [0.25, 0.3) is 22.3 Å². The van der Waals surface area contributed by atoms with Crippen LogP contribution in [-0.2, 0) is 4.79 Å². The molecular weight excluding hydrogens is 502 g/mol. The zero-order valence-electron chi connectivity index (χ0n) is 21.5. The Labute approximate surface area is 224 Å². The highest BCUT2D eigenvalue weighted by Gasteiger charge is 2.48. The van der Waals surface area contributed by atoms with Crippen molar-refractivity contribution >= 4 is 22.8 Å².